The highest BCUT2D eigenvalue weighted by Gasteiger charge is 2.32. The van der Waals surface area contributed by atoms with Gasteiger partial charge in [0.1, 0.15) is 0 Å². The van der Waals surface area contributed by atoms with Crippen molar-refractivity contribution in [2.24, 2.45) is 0 Å². The largest absolute Gasteiger partial charge is 0.338 e. The summed E-state index contributed by atoms with van der Waals surface area (Å²) in [6.45, 7) is 1.24. The minimum Gasteiger partial charge on any atom is -0.338 e. The normalized spacial score (nSPS) is 17.5. The molecule has 142 valence electrons. The molecule has 2 N–H and O–H groups in total. The number of nitrogens with one attached hydrogen (secondary N) is 2. The van der Waals surface area contributed by atoms with Crippen LogP contribution in [0.25, 0.3) is 0 Å². The first-order valence-electron chi connectivity index (χ1n) is 10.1. The summed E-state index contributed by atoms with van der Waals surface area (Å²) in [7, 11) is 0. The number of nitrogens with zero attached hydrogens (tertiary/aromatic N) is 1. The molecular weight excluding hydrogens is 326 g/mol. The second-order valence-corrected chi connectivity index (χ2v) is 7.58. The zero-order valence-electron chi connectivity index (χ0n) is 15.6. The number of carbonyl (C=O) groups is 2. The summed E-state index contributed by atoms with van der Waals surface area (Å²) in [5.41, 5.74) is 1.18. The molecule has 26 heavy (non-hydrogen) atoms. The molecule has 2 aliphatic carbocycles. The number of amides is 3. The van der Waals surface area contributed by atoms with Gasteiger partial charge in [-0.1, -0.05) is 49.6 Å². The number of rotatable bonds is 8. The molecular formula is C21H31N3O2. The molecule has 5 heteroatoms. The third-order valence-electron chi connectivity index (χ3n) is 5.30. The second kappa shape index (κ2) is 9.60. The van der Waals surface area contributed by atoms with Crippen molar-refractivity contribution in [2.45, 2.75) is 76.4 Å². The number of hydrogen-bond acceptors (Lipinski definition) is 2. The Bertz CT molecular complexity index is 580. The van der Waals surface area contributed by atoms with E-state index >= 15 is 0 Å². The third kappa shape index (κ3) is 6.04. The van der Waals surface area contributed by atoms with Gasteiger partial charge in [0.25, 0.3) is 0 Å². The molecule has 2 fully saturated rings. The van der Waals surface area contributed by atoms with Gasteiger partial charge >= 0.3 is 6.03 Å². The molecule has 0 heterocycles. The quantitative estimate of drug-likeness (QED) is 0.699. The first-order chi connectivity index (χ1) is 12.7. The molecule has 2 saturated carbocycles. The average molecular weight is 357 g/mol. The highest BCUT2D eigenvalue weighted by atomic mass is 16.2. The molecule has 0 unspecified atom stereocenters. The highest BCUT2D eigenvalue weighted by molar-refractivity contribution is 5.77. The Kier molecular flexibility index (Phi) is 6.92. The van der Waals surface area contributed by atoms with Crippen LogP contribution in [0.1, 0.15) is 63.4 Å². The molecule has 2 aliphatic rings. The fourth-order valence-electron chi connectivity index (χ4n) is 3.66. The van der Waals surface area contributed by atoms with Crippen LogP contribution in [0.4, 0.5) is 4.79 Å². The maximum Gasteiger partial charge on any atom is 0.315 e. The first kappa shape index (κ1) is 18.7. The predicted molar refractivity (Wildman–Crippen MR) is 103 cm³/mol. The lowest BCUT2D eigenvalue weighted by Crippen LogP contribution is -2.43. The van der Waals surface area contributed by atoms with Gasteiger partial charge in [-0.3, -0.25) is 4.79 Å². The van der Waals surface area contributed by atoms with E-state index in [1.807, 2.05) is 23.1 Å². The molecule has 0 saturated heterocycles. The van der Waals surface area contributed by atoms with Crippen molar-refractivity contribution in [1.82, 2.24) is 15.5 Å². The summed E-state index contributed by atoms with van der Waals surface area (Å²) < 4.78 is 0. The lowest BCUT2D eigenvalue weighted by molar-refractivity contribution is -0.132. The van der Waals surface area contributed by atoms with Gasteiger partial charge in [0.15, 0.2) is 0 Å². The van der Waals surface area contributed by atoms with E-state index in [-0.39, 0.29) is 11.9 Å². The van der Waals surface area contributed by atoms with Gasteiger partial charge < -0.3 is 15.5 Å². The number of hydrogen-bond donors (Lipinski definition) is 2. The predicted octanol–water partition coefficient (Wildman–Crippen LogP) is 3.59. The van der Waals surface area contributed by atoms with Crippen LogP contribution < -0.4 is 10.6 Å². The van der Waals surface area contributed by atoms with Crippen LogP contribution >= 0.6 is 0 Å². The van der Waals surface area contributed by atoms with E-state index in [0.717, 1.165) is 25.7 Å². The molecule has 3 rings (SSSR count). The van der Waals surface area contributed by atoms with Crippen LogP contribution in [0.2, 0.25) is 0 Å². The van der Waals surface area contributed by atoms with E-state index in [1.54, 1.807) is 0 Å². The van der Waals surface area contributed by atoms with E-state index in [4.69, 9.17) is 0 Å². The van der Waals surface area contributed by atoms with Gasteiger partial charge in [-0.15, -0.1) is 0 Å². The Balaban J connectivity index is 1.35. The van der Waals surface area contributed by atoms with Crippen molar-refractivity contribution in [2.75, 3.05) is 6.54 Å². The SMILES string of the molecule is O=C(NCCCC(=O)N(Cc1ccccc1)C1CC1)NC1CCCCC1. The summed E-state index contributed by atoms with van der Waals surface area (Å²) >= 11 is 0. The molecule has 0 bridgehead atoms. The minimum atomic E-state index is -0.0901. The average Bonchev–Trinajstić information content (AvgIpc) is 3.50. The fourth-order valence-corrected chi connectivity index (χ4v) is 3.66. The van der Waals surface area contributed by atoms with Crippen molar-refractivity contribution in [3.05, 3.63) is 35.9 Å². The first-order valence-corrected chi connectivity index (χ1v) is 10.1. The molecule has 1 aromatic carbocycles. The summed E-state index contributed by atoms with van der Waals surface area (Å²) in [5, 5.41) is 5.94. The van der Waals surface area contributed by atoms with Gasteiger partial charge in [0.2, 0.25) is 5.91 Å². The van der Waals surface area contributed by atoms with E-state index in [0.29, 0.717) is 38.0 Å². The lowest BCUT2D eigenvalue weighted by atomic mass is 9.96. The molecule has 0 radical (unpaired) electrons. The molecule has 0 aromatic heterocycles. The third-order valence-corrected chi connectivity index (χ3v) is 5.30. The topological polar surface area (TPSA) is 61.4 Å². The van der Waals surface area contributed by atoms with Gasteiger partial charge in [-0.25, -0.2) is 4.79 Å². The molecule has 0 atom stereocenters. The van der Waals surface area contributed by atoms with E-state index < -0.39 is 0 Å². The Morgan fingerprint density at radius 2 is 1.73 bits per heavy atom. The van der Waals surface area contributed by atoms with Crippen molar-refractivity contribution in [1.29, 1.82) is 0 Å². The van der Waals surface area contributed by atoms with Crippen molar-refractivity contribution < 1.29 is 9.59 Å². The van der Waals surface area contributed by atoms with E-state index in [1.165, 1.54) is 24.8 Å². The highest BCUT2D eigenvalue weighted by Crippen LogP contribution is 2.29. The van der Waals surface area contributed by atoms with Crippen molar-refractivity contribution in [3.63, 3.8) is 0 Å². The number of carbonyl (C=O) groups excluding carboxylic acids is 2. The summed E-state index contributed by atoms with van der Waals surface area (Å²) in [5.74, 6) is 0.200. The van der Waals surface area contributed by atoms with Crippen LogP contribution in [0.5, 0.6) is 0 Å². The molecule has 1 aromatic rings. The monoisotopic (exact) mass is 357 g/mol. The summed E-state index contributed by atoms with van der Waals surface area (Å²) in [4.78, 5) is 26.5. The second-order valence-electron chi connectivity index (χ2n) is 7.58. The minimum absolute atomic E-state index is 0.0901. The maximum atomic E-state index is 12.6. The van der Waals surface area contributed by atoms with Crippen LogP contribution in [-0.2, 0) is 11.3 Å². The standard InChI is InChI=1S/C21H31N3O2/c25-20(24(19-13-14-19)16-17-8-3-1-4-9-17)12-7-15-22-21(26)23-18-10-5-2-6-11-18/h1,3-4,8-9,18-19H,2,5-7,10-16H2,(H2,22,23,26). The van der Waals surface area contributed by atoms with Crippen LogP contribution in [0, 0.1) is 0 Å². The van der Waals surface area contributed by atoms with Gasteiger partial charge in [-0.2, -0.15) is 0 Å². The van der Waals surface area contributed by atoms with Crippen molar-refractivity contribution in [3.8, 4) is 0 Å². The molecule has 3 amide bonds. The van der Waals surface area contributed by atoms with Crippen LogP contribution in [0.15, 0.2) is 30.3 Å². The van der Waals surface area contributed by atoms with Gasteiger partial charge in [0.05, 0.1) is 0 Å². The van der Waals surface area contributed by atoms with Crippen LogP contribution in [0.3, 0.4) is 0 Å². The van der Waals surface area contributed by atoms with Crippen molar-refractivity contribution >= 4 is 11.9 Å². The Morgan fingerprint density at radius 1 is 1.00 bits per heavy atom. The Hall–Kier alpha value is -2.04. The molecule has 5 nitrogen and oxygen atoms in total. The Labute approximate surface area is 156 Å². The van der Waals surface area contributed by atoms with Gasteiger partial charge in [0, 0.05) is 31.6 Å². The summed E-state index contributed by atoms with van der Waals surface area (Å²) in [6, 6.07) is 10.8. The number of benzene rings is 1. The van der Waals surface area contributed by atoms with Gasteiger partial charge in [-0.05, 0) is 37.7 Å². The maximum absolute atomic E-state index is 12.6. The lowest BCUT2D eigenvalue weighted by Gasteiger charge is -2.23. The van der Waals surface area contributed by atoms with E-state index in [9.17, 15) is 9.59 Å². The molecule has 0 spiro atoms. The number of urea groups is 1. The Morgan fingerprint density at radius 3 is 2.42 bits per heavy atom. The fraction of sp³-hybridized carbons (Fsp3) is 0.619. The zero-order valence-corrected chi connectivity index (χ0v) is 15.6. The smallest absolute Gasteiger partial charge is 0.315 e. The zero-order chi connectivity index (χ0) is 18.2. The van der Waals surface area contributed by atoms with E-state index in [2.05, 4.69) is 22.8 Å². The van der Waals surface area contributed by atoms with Crippen LogP contribution in [-0.4, -0.2) is 35.5 Å². The summed E-state index contributed by atoms with van der Waals surface area (Å²) in [6.07, 6.45) is 9.27. The molecule has 0 aliphatic heterocycles.